The molecular weight excluding hydrogens is 341 g/mol. The molecule has 0 spiro atoms. The Kier molecular flexibility index (Phi) is 6.32. The van der Waals surface area contributed by atoms with Gasteiger partial charge in [0, 0.05) is 38.4 Å². The molecular formula is C22H28FN3O. The molecule has 2 amide bonds. The molecule has 1 saturated heterocycles. The molecule has 2 aromatic carbocycles. The van der Waals surface area contributed by atoms with Gasteiger partial charge < -0.3 is 15.1 Å². The molecule has 0 atom stereocenters. The van der Waals surface area contributed by atoms with Gasteiger partial charge in [0.05, 0.1) is 0 Å². The van der Waals surface area contributed by atoms with Gasteiger partial charge in [-0.25, -0.2) is 9.18 Å². The van der Waals surface area contributed by atoms with Gasteiger partial charge >= 0.3 is 6.03 Å². The summed E-state index contributed by atoms with van der Waals surface area (Å²) in [6, 6.07) is 12.7. The van der Waals surface area contributed by atoms with Crippen LogP contribution in [0.2, 0.25) is 0 Å². The number of nitrogens with zero attached hydrogens (tertiary/aromatic N) is 2. The molecule has 0 saturated carbocycles. The minimum absolute atomic E-state index is 0.0570. The lowest BCUT2D eigenvalue weighted by Gasteiger charge is -2.38. The molecule has 1 aliphatic rings. The van der Waals surface area contributed by atoms with Crippen LogP contribution >= 0.6 is 0 Å². The van der Waals surface area contributed by atoms with Crippen LogP contribution in [0.1, 0.15) is 30.5 Å². The molecule has 0 unspecified atom stereocenters. The third-order valence-corrected chi connectivity index (χ3v) is 5.21. The Morgan fingerprint density at radius 2 is 1.56 bits per heavy atom. The van der Waals surface area contributed by atoms with E-state index < -0.39 is 0 Å². The second-order valence-electron chi connectivity index (χ2n) is 6.89. The van der Waals surface area contributed by atoms with Gasteiger partial charge in [0.2, 0.25) is 0 Å². The zero-order chi connectivity index (χ0) is 19.2. The number of amides is 2. The van der Waals surface area contributed by atoms with Crippen LogP contribution in [0.5, 0.6) is 0 Å². The fourth-order valence-electron chi connectivity index (χ4n) is 3.65. The topological polar surface area (TPSA) is 35.6 Å². The van der Waals surface area contributed by atoms with Crippen LogP contribution in [0.4, 0.5) is 14.9 Å². The van der Waals surface area contributed by atoms with Crippen LogP contribution in [0.3, 0.4) is 0 Å². The molecule has 144 valence electrons. The highest BCUT2D eigenvalue weighted by Gasteiger charge is 2.23. The average molecular weight is 369 g/mol. The number of piperazine rings is 1. The fourth-order valence-corrected chi connectivity index (χ4v) is 3.65. The van der Waals surface area contributed by atoms with Gasteiger partial charge in [-0.1, -0.05) is 44.2 Å². The van der Waals surface area contributed by atoms with E-state index in [4.69, 9.17) is 0 Å². The van der Waals surface area contributed by atoms with Gasteiger partial charge in [-0.05, 0) is 41.7 Å². The number of carbonyl (C=O) groups is 1. The van der Waals surface area contributed by atoms with E-state index in [9.17, 15) is 9.18 Å². The summed E-state index contributed by atoms with van der Waals surface area (Å²) < 4.78 is 13.0. The maximum absolute atomic E-state index is 13.0. The summed E-state index contributed by atoms with van der Waals surface area (Å²) in [5, 5.41) is 2.93. The predicted octanol–water partition coefficient (Wildman–Crippen LogP) is 3.98. The summed E-state index contributed by atoms with van der Waals surface area (Å²) in [6.45, 7) is 7.89. The summed E-state index contributed by atoms with van der Waals surface area (Å²) in [5.74, 6) is -0.264. The molecule has 2 aromatic rings. The monoisotopic (exact) mass is 369 g/mol. The number of benzene rings is 2. The van der Waals surface area contributed by atoms with Gasteiger partial charge in [-0.15, -0.1) is 0 Å². The van der Waals surface area contributed by atoms with Gasteiger partial charge in [-0.2, -0.15) is 0 Å². The lowest BCUT2D eigenvalue weighted by atomic mass is 10.0. The van der Waals surface area contributed by atoms with Crippen LogP contribution in [0, 0.1) is 5.82 Å². The summed E-state index contributed by atoms with van der Waals surface area (Å²) in [6.07, 6.45) is 2.03. The van der Waals surface area contributed by atoms with Crippen molar-refractivity contribution < 1.29 is 9.18 Å². The molecule has 0 aliphatic carbocycles. The predicted molar refractivity (Wildman–Crippen MR) is 108 cm³/mol. The van der Waals surface area contributed by atoms with E-state index in [2.05, 4.69) is 42.3 Å². The Morgan fingerprint density at radius 3 is 2.11 bits per heavy atom. The Balaban J connectivity index is 1.57. The number of hydrogen-bond donors (Lipinski definition) is 1. The van der Waals surface area contributed by atoms with Crippen molar-refractivity contribution in [3.8, 4) is 0 Å². The molecule has 0 radical (unpaired) electrons. The third-order valence-electron chi connectivity index (χ3n) is 5.21. The van der Waals surface area contributed by atoms with Crippen molar-refractivity contribution in [1.82, 2.24) is 10.2 Å². The van der Waals surface area contributed by atoms with Crippen molar-refractivity contribution in [3.05, 3.63) is 65.0 Å². The zero-order valence-electron chi connectivity index (χ0n) is 16.2. The second kappa shape index (κ2) is 8.89. The quantitative estimate of drug-likeness (QED) is 0.865. The SMILES string of the molecule is CCc1cccc(CC)c1N1CCN(C(=O)NCc2ccc(F)cc2)CC1. The minimum atomic E-state index is -0.264. The standard InChI is InChI=1S/C22H28FN3O/c1-3-18-6-5-7-19(4-2)21(18)25-12-14-26(15-13-25)22(27)24-16-17-8-10-20(23)11-9-17/h5-11H,3-4,12-16H2,1-2H3,(H,24,27). The lowest BCUT2D eigenvalue weighted by Crippen LogP contribution is -2.52. The molecule has 0 bridgehead atoms. The first-order valence-corrected chi connectivity index (χ1v) is 9.75. The molecule has 4 nitrogen and oxygen atoms in total. The van der Waals surface area contributed by atoms with E-state index in [1.807, 2.05) is 4.90 Å². The smallest absolute Gasteiger partial charge is 0.317 e. The second-order valence-corrected chi connectivity index (χ2v) is 6.89. The summed E-state index contributed by atoms with van der Waals surface area (Å²) in [5.41, 5.74) is 5.01. The third kappa shape index (κ3) is 4.59. The average Bonchev–Trinajstić information content (AvgIpc) is 2.72. The van der Waals surface area contributed by atoms with E-state index in [0.29, 0.717) is 19.6 Å². The Morgan fingerprint density at radius 1 is 0.963 bits per heavy atom. The number of para-hydroxylation sites is 1. The lowest BCUT2D eigenvalue weighted by molar-refractivity contribution is 0.194. The van der Waals surface area contributed by atoms with Crippen molar-refractivity contribution in [2.24, 2.45) is 0 Å². The normalized spacial score (nSPS) is 14.3. The van der Waals surface area contributed by atoms with E-state index >= 15 is 0 Å². The highest BCUT2D eigenvalue weighted by atomic mass is 19.1. The van der Waals surface area contributed by atoms with E-state index in [-0.39, 0.29) is 11.8 Å². The molecule has 1 aliphatic heterocycles. The van der Waals surface area contributed by atoms with Gasteiger partial charge in [0.25, 0.3) is 0 Å². The Bertz CT molecular complexity index is 745. The summed E-state index contributed by atoms with van der Waals surface area (Å²) in [7, 11) is 0. The first-order valence-electron chi connectivity index (χ1n) is 9.75. The van der Waals surface area contributed by atoms with Gasteiger partial charge in [-0.3, -0.25) is 0 Å². The highest BCUT2D eigenvalue weighted by Crippen LogP contribution is 2.28. The number of nitrogens with one attached hydrogen (secondary N) is 1. The van der Waals surface area contributed by atoms with Gasteiger partial charge in [0.1, 0.15) is 5.82 Å². The van der Waals surface area contributed by atoms with Crippen LogP contribution in [-0.4, -0.2) is 37.1 Å². The number of rotatable bonds is 5. The molecule has 1 heterocycles. The summed E-state index contributed by atoms with van der Waals surface area (Å²) in [4.78, 5) is 16.7. The molecule has 0 aromatic heterocycles. The Labute approximate surface area is 161 Å². The number of hydrogen-bond acceptors (Lipinski definition) is 2. The first-order chi connectivity index (χ1) is 13.1. The van der Waals surface area contributed by atoms with Crippen molar-refractivity contribution >= 4 is 11.7 Å². The number of carbonyl (C=O) groups excluding carboxylic acids is 1. The maximum atomic E-state index is 13.0. The van der Waals surface area contributed by atoms with Crippen molar-refractivity contribution in [2.75, 3.05) is 31.1 Å². The zero-order valence-corrected chi connectivity index (χ0v) is 16.2. The fraction of sp³-hybridized carbons (Fsp3) is 0.409. The van der Waals surface area contributed by atoms with Crippen LogP contribution in [0.25, 0.3) is 0 Å². The highest BCUT2D eigenvalue weighted by molar-refractivity contribution is 5.74. The molecule has 1 fully saturated rings. The molecule has 1 N–H and O–H groups in total. The van der Waals surface area contributed by atoms with Crippen LogP contribution in [0.15, 0.2) is 42.5 Å². The van der Waals surface area contributed by atoms with E-state index in [1.54, 1.807) is 12.1 Å². The van der Waals surface area contributed by atoms with Crippen LogP contribution in [-0.2, 0) is 19.4 Å². The number of anilines is 1. The number of urea groups is 1. The van der Waals surface area contributed by atoms with Crippen molar-refractivity contribution in [1.29, 1.82) is 0 Å². The Hall–Kier alpha value is -2.56. The molecule has 5 heteroatoms. The van der Waals surface area contributed by atoms with Gasteiger partial charge in [0.15, 0.2) is 0 Å². The molecule has 27 heavy (non-hydrogen) atoms. The minimum Gasteiger partial charge on any atom is -0.368 e. The number of aryl methyl sites for hydroxylation is 2. The first kappa shape index (κ1) is 19.2. The van der Waals surface area contributed by atoms with Crippen molar-refractivity contribution in [2.45, 2.75) is 33.2 Å². The number of halogens is 1. The molecule has 3 rings (SSSR count). The van der Waals surface area contributed by atoms with Crippen molar-refractivity contribution in [3.63, 3.8) is 0 Å². The summed E-state index contributed by atoms with van der Waals surface area (Å²) >= 11 is 0. The maximum Gasteiger partial charge on any atom is 0.317 e. The van der Waals surface area contributed by atoms with Crippen LogP contribution < -0.4 is 10.2 Å². The van der Waals surface area contributed by atoms with E-state index in [1.165, 1.54) is 28.9 Å². The largest absolute Gasteiger partial charge is 0.368 e. The van der Waals surface area contributed by atoms with E-state index in [0.717, 1.165) is 31.5 Å².